The highest BCUT2D eigenvalue weighted by atomic mass is 32.2. The maximum atomic E-state index is 13.0. The Bertz CT molecular complexity index is 1390. The summed E-state index contributed by atoms with van der Waals surface area (Å²) >= 11 is 1.34. The first-order valence-corrected chi connectivity index (χ1v) is 12.8. The number of benzene rings is 3. The quantitative estimate of drug-likeness (QED) is 0.424. The van der Waals surface area contributed by atoms with Gasteiger partial charge in [-0.3, -0.25) is 9.69 Å². The van der Waals surface area contributed by atoms with Gasteiger partial charge in [-0.05, 0) is 54.2 Å². The van der Waals surface area contributed by atoms with Crippen molar-refractivity contribution in [1.29, 1.82) is 5.26 Å². The molecule has 8 heteroatoms. The summed E-state index contributed by atoms with van der Waals surface area (Å²) in [4.78, 5) is 22.2. The lowest BCUT2D eigenvalue weighted by Crippen LogP contribution is -2.36. The molecule has 0 atom stereocenters. The van der Waals surface area contributed by atoms with E-state index in [2.05, 4.69) is 23.1 Å². The van der Waals surface area contributed by atoms with Crippen molar-refractivity contribution < 1.29 is 14.3 Å². The van der Waals surface area contributed by atoms with Gasteiger partial charge in [0.15, 0.2) is 5.17 Å². The molecule has 2 aliphatic rings. The molecule has 3 aromatic rings. The lowest BCUT2D eigenvalue weighted by atomic mass is 10.1. The van der Waals surface area contributed by atoms with Crippen LogP contribution < -0.4 is 9.64 Å². The van der Waals surface area contributed by atoms with Crippen molar-refractivity contribution in [2.75, 3.05) is 38.3 Å². The summed E-state index contributed by atoms with van der Waals surface area (Å²) in [5.74, 6) is 0.529. The molecule has 1 amide bonds. The number of thioether (sulfide) groups is 1. The maximum Gasteiger partial charge on any atom is 0.266 e. The Morgan fingerprint density at radius 1 is 1.05 bits per heavy atom. The second-order valence-electron chi connectivity index (χ2n) is 8.58. The number of likely N-dealkylation sites (N-methyl/N-ethyl adjacent to an activating group) is 1. The molecule has 0 unspecified atom stereocenters. The van der Waals surface area contributed by atoms with Crippen LogP contribution in [0.3, 0.4) is 0 Å². The van der Waals surface area contributed by atoms with Crippen LogP contribution in [0.2, 0.25) is 0 Å². The highest BCUT2D eigenvalue weighted by molar-refractivity contribution is 8.18. The molecule has 2 saturated heterocycles. The number of aliphatic imine (C=N–C) groups is 1. The number of ether oxygens (including phenoxy) is 2. The third-order valence-electron chi connectivity index (χ3n) is 6.18. The third kappa shape index (κ3) is 5.69. The molecule has 3 aromatic carbocycles. The molecule has 0 aromatic heterocycles. The molecular formula is C29H26N4O3S. The zero-order chi connectivity index (χ0) is 25.6. The number of morpholine rings is 1. The Kier molecular flexibility index (Phi) is 7.54. The van der Waals surface area contributed by atoms with Crippen LogP contribution in [0.4, 0.5) is 11.4 Å². The van der Waals surface area contributed by atoms with Gasteiger partial charge in [0.2, 0.25) is 0 Å². The third-order valence-corrected chi connectivity index (χ3v) is 7.24. The van der Waals surface area contributed by atoms with E-state index in [4.69, 9.17) is 14.5 Å². The van der Waals surface area contributed by atoms with Gasteiger partial charge in [0, 0.05) is 37.0 Å². The molecule has 37 heavy (non-hydrogen) atoms. The zero-order valence-corrected chi connectivity index (χ0v) is 21.3. The number of hydrogen-bond acceptors (Lipinski definition) is 7. The van der Waals surface area contributed by atoms with E-state index in [1.165, 1.54) is 11.8 Å². The van der Waals surface area contributed by atoms with Crippen molar-refractivity contribution in [2.24, 2.45) is 4.99 Å². The Hall–Kier alpha value is -4.06. The minimum atomic E-state index is -0.113. The maximum absolute atomic E-state index is 13.0. The van der Waals surface area contributed by atoms with Gasteiger partial charge in [-0.15, -0.1) is 0 Å². The van der Waals surface area contributed by atoms with E-state index in [1.54, 1.807) is 18.0 Å². The first kappa shape index (κ1) is 24.6. The molecule has 0 bridgehead atoms. The van der Waals surface area contributed by atoms with Gasteiger partial charge < -0.3 is 14.4 Å². The second-order valence-corrected chi connectivity index (χ2v) is 9.59. The summed E-state index contributed by atoms with van der Waals surface area (Å²) in [5.41, 5.74) is 4.12. The number of para-hydroxylation sites is 1. The van der Waals surface area contributed by atoms with Crippen molar-refractivity contribution in [3.8, 4) is 11.8 Å². The molecule has 0 aliphatic carbocycles. The summed E-state index contributed by atoms with van der Waals surface area (Å²) in [6.45, 7) is 3.50. The van der Waals surface area contributed by atoms with Crippen molar-refractivity contribution in [1.82, 2.24) is 4.90 Å². The van der Waals surface area contributed by atoms with Crippen LogP contribution in [0.25, 0.3) is 6.08 Å². The molecule has 186 valence electrons. The van der Waals surface area contributed by atoms with E-state index >= 15 is 0 Å². The first-order chi connectivity index (χ1) is 18.1. The summed E-state index contributed by atoms with van der Waals surface area (Å²) < 4.78 is 11.5. The molecule has 2 fully saturated rings. The van der Waals surface area contributed by atoms with Crippen LogP contribution in [-0.2, 0) is 16.1 Å². The van der Waals surface area contributed by atoms with Crippen LogP contribution in [-0.4, -0.2) is 49.3 Å². The number of amidine groups is 1. The SMILES string of the molecule is CN1C(=O)/C(=C/c2ccccc2OCc2ccccc2C#N)SC1=Nc1ccc(N2CCOCC2)cc1. The second kappa shape index (κ2) is 11.3. The van der Waals surface area contributed by atoms with Crippen molar-refractivity contribution in [2.45, 2.75) is 6.61 Å². The smallest absolute Gasteiger partial charge is 0.266 e. The van der Waals surface area contributed by atoms with Gasteiger partial charge >= 0.3 is 0 Å². The van der Waals surface area contributed by atoms with Gasteiger partial charge in [-0.1, -0.05) is 36.4 Å². The average Bonchev–Trinajstić information content (AvgIpc) is 3.21. The first-order valence-electron chi connectivity index (χ1n) is 12.0. The van der Waals surface area contributed by atoms with Crippen molar-refractivity contribution in [3.05, 3.63) is 94.4 Å². The van der Waals surface area contributed by atoms with Gasteiger partial charge in [0.25, 0.3) is 5.91 Å². The lowest BCUT2D eigenvalue weighted by Gasteiger charge is -2.28. The molecule has 2 heterocycles. The van der Waals surface area contributed by atoms with Gasteiger partial charge in [-0.2, -0.15) is 5.26 Å². The summed E-state index contributed by atoms with van der Waals surface area (Å²) in [6, 6.07) is 25.2. The monoisotopic (exact) mass is 510 g/mol. The minimum absolute atomic E-state index is 0.113. The molecule has 5 rings (SSSR count). The Morgan fingerprint density at radius 2 is 1.78 bits per heavy atom. The van der Waals surface area contributed by atoms with Gasteiger partial charge in [0.1, 0.15) is 12.4 Å². The predicted molar refractivity (Wildman–Crippen MR) is 147 cm³/mol. The fourth-order valence-electron chi connectivity index (χ4n) is 4.10. The Balaban J connectivity index is 1.32. The predicted octanol–water partition coefficient (Wildman–Crippen LogP) is 5.21. The number of carbonyl (C=O) groups is 1. The lowest BCUT2D eigenvalue weighted by molar-refractivity contribution is -0.121. The minimum Gasteiger partial charge on any atom is -0.488 e. The number of anilines is 1. The molecule has 0 N–H and O–H groups in total. The molecule has 2 aliphatic heterocycles. The number of nitrogens with zero attached hydrogens (tertiary/aromatic N) is 4. The average molecular weight is 511 g/mol. The highest BCUT2D eigenvalue weighted by Crippen LogP contribution is 2.35. The van der Waals surface area contributed by atoms with Crippen LogP contribution in [0.5, 0.6) is 5.75 Å². The molecule has 0 radical (unpaired) electrons. The Morgan fingerprint density at radius 3 is 2.57 bits per heavy atom. The fraction of sp³-hybridized carbons (Fsp3) is 0.207. The van der Waals surface area contributed by atoms with Gasteiger partial charge in [0.05, 0.1) is 35.4 Å². The van der Waals surface area contributed by atoms with E-state index < -0.39 is 0 Å². The fourth-order valence-corrected chi connectivity index (χ4v) is 5.08. The number of hydrogen-bond donors (Lipinski definition) is 0. The molecular weight excluding hydrogens is 484 g/mol. The molecule has 0 saturated carbocycles. The molecule has 7 nitrogen and oxygen atoms in total. The summed E-state index contributed by atoms with van der Waals surface area (Å²) in [5, 5.41) is 9.96. The van der Waals surface area contributed by atoms with E-state index in [0.717, 1.165) is 48.8 Å². The number of rotatable bonds is 6. The Labute approximate surface area is 220 Å². The van der Waals surface area contributed by atoms with Crippen LogP contribution >= 0.6 is 11.8 Å². The normalized spacial score (nSPS) is 17.9. The molecule has 0 spiro atoms. The standard InChI is InChI=1S/C29H26N4O3S/c1-32-28(34)27(37-29(32)31-24-10-12-25(13-11-24)33-14-16-35-17-15-33)18-21-6-4-5-9-26(21)36-20-23-8-3-2-7-22(23)19-30/h2-13,18H,14-17,20H2,1H3/b27-18-,31-29?. The number of amides is 1. The summed E-state index contributed by atoms with van der Waals surface area (Å²) in [7, 11) is 1.73. The van der Waals surface area contributed by atoms with E-state index in [9.17, 15) is 10.1 Å². The van der Waals surface area contributed by atoms with Crippen LogP contribution in [0.1, 0.15) is 16.7 Å². The largest absolute Gasteiger partial charge is 0.488 e. The van der Waals surface area contributed by atoms with E-state index in [0.29, 0.717) is 21.4 Å². The van der Waals surface area contributed by atoms with Crippen molar-refractivity contribution in [3.63, 3.8) is 0 Å². The van der Waals surface area contributed by atoms with Crippen molar-refractivity contribution >= 4 is 40.3 Å². The highest BCUT2D eigenvalue weighted by Gasteiger charge is 2.30. The number of carbonyl (C=O) groups excluding carboxylic acids is 1. The van der Waals surface area contributed by atoms with Gasteiger partial charge in [-0.25, -0.2) is 4.99 Å². The van der Waals surface area contributed by atoms with Crippen LogP contribution in [0, 0.1) is 11.3 Å². The van der Waals surface area contributed by atoms with E-state index in [-0.39, 0.29) is 12.5 Å². The zero-order valence-electron chi connectivity index (χ0n) is 20.5. The summed E-state index contributed by atoms with van der Waals surface area (Å²) in [6.07, 6.45) is 1.83. The van der Waals surface area contributed by atoms with Crippen LogP contribution in [0.15, 0.2) is 82.7 Å². The van der Waals surface area contributed by atoms with E-state index in [1.807, 2.05) is 60.7 Å². The number of nitriles is 1. The topological polar surface area (TPSA) is 78.2 Å².